The van der Waals surface area contributed by atoms with Crippen molar-refractivity contribution in [3.05, 3.63) is 0 Å². The summed E-state index contributed by atoms with van der Waals surface area (Å²) in [5, 5.41) is 21.7. The minimum absolute atomic E-state index is 0.189. The Bertz CT molecular complexity index is 149. The van der Waals surface area contributed by atoms with E-state index in [1.807, 2.05) is 0 Å². The Labute approximate surface area is 93.9 Å². The zero-order valence-electron chi connectivity index (χ0n) is 10.4. The van der Waals surface area contributed by atoms with Crippen molar-refractivity contribution in [2.75, 3.05) is 19.7 Å². The molecule has 2 unspecified atom stereocenters. The molecule has 0 fully saturated rings. The second-order valence-electron chi connectivity index (χ2n) is 4.70. The van der Waals surface area contributed by atoms with Crippen LogP contribution in [0.15, 0.2) is 0 Å². The van der Waals surface area contributed by atoms with Gasteiger partial charge in [-0.25, -0.2) is 0 Å². The van der Waals surface area contributed by atoms with Crippen molar-refractivity contribution in [2.45, 2.75) is 52.1 Å². The number of hydrogen-bond acceptors (Lipinski definition) is 3. The van der Waals surface area contributed by atoms with Gasteiger partial charge in [-0.05, 0) is 25.8 Å². The second kappa shape index (κ2) is 8.08. The molecule has 0 spiro atoms. The van der Waals surface area contributed by atoms with Gasteiger partial charge in [-0.2, -0.15) is 0 Å². The van der Waals surface area contributed by atoms with Crippen LogP contribution in [-0.4, -0.2) is 35.5 Å². The molecule has 0 radical (unpaired) electrons. The van der Waals surface area contributed by atoms with Crippen LogP contribution >= 0.6 is 0 Å². The maximum atomic E-state index is 9.57. The molecule has 0 heterocycles. The lowest BCUT2D eigenvalue weighted by Gasteiger charge is -2.23. The summed E-state index contributed by atoms with van der Waals surface area (Å²) in [4.78, 5) is 0. The van der Waals surface area contributed by atoms with E-state index in [4.69, 9.17) is 5.11 Å². The van der Waals surface area contributed by atoms with E-state index in [0.717, 1.165) is 6.54 Å². The molecule has 0 saturated heterocycles. The summed E-state index contributed by atoms with van der Waals surface area (Å²) in [7, 11) is 0. The highest BCUT2D eigenvalue weighted by molar-refractivity contribution is 4.74. The Morgan fingerprint density at radius 3 is 2.47 bits per heavy atom. The Kier molecular flexibility index (Phi) is 8.02. The number of aliphatic hydroxyl groups excluding tert-OH is 1. The van der Waals surface area contributed by atoms with Gasteiger partial charge in [0.05, 0.1) is 12.2 Å². The number of hydrogen-bond donors (Lipinski definition) is 3. The summed E-state index contributed by atoms with van der Waals surface area (Å²) >= 11 is 0. The fraction of sp³-hybridized carbons (Fsp3) is 1.00. The fourth-order valence-corrected chi connectivity index (χ4v) is 1.54. The molecule has 3 N–H and O–H groups in total. The zero-order valence-corrected chi connectivity index (χ0v) is 10.4. The first-order valence-corrected chi connectivity index (χ1v) is 6.09. The van der Waals surface area contributed by atoms with Crippen LogP contribution in [0.5, 0.6) is 0 Å². The molecule has 0 aromatic rings. The Hall–Kier alpha value is -0.120. The average molecular weight is 217 g/mol. The number of unbranched alkanes of at least 4 members (excludes halogenated alkanes) is 1. The highest BCUT2D eigenvalue weighted by Crippen LogP contribution is 2.11. The van der Waals surface area contributed by atoms with Gasteiger partial charge < -0.3 is 15.5 Å². The van der Waals surface area contributed by atoms with E-state index in [-0.39, 0.29) is 6.61 Å². The van der Waals surface area contributed by atoms with Crippen LogP contribution in [0.25, 0.3) is 0 Å². The van der Waals surface area contributed by atoms with Crippen molar-refractivity contribution in [3.63, 3.8) is 0 Å². The van der Waals surface area contributed by atoms with Gasteiger partial charge in [-0.3, -0.25) is 0 Å². The molecular formula is C12H27NO2. The van der Waals surface area contributed by atoms with Gasteiger partial charge in [-0.1, -0.05) is 33.1 Å². The molecule has 0 aliphatic heterocycles. The van der Waals surface area contributed by atoms with Gasteiger partial charge in [-0.15, -0.1) is 0 Å². The first-order valence-electron chi connectivity index (χ1n) is 6.09. The van der Waals surface area contributed by atoms with E-state index >= 15 is 0 Å². The van der Waals surface area contributed by atoms with Gasteiger partial charge in [0, 0.05) is 6.54 Å². The minimum Gasteiger partial charge on any atom is -0.393 e. The van der Waals surface area contributed by atoms with E-state index in [1.54, 1.807) is 6.92 Å². The maximum absolute atomic E-state index is 9.57. The normalized spacial score (nSPS) is 17.4. The Morgan fingerprint density at radius 1 is 1.33 bits per heavy atom. The van der Waals surface area contributed by atoms with Crippen LogP contribution in [0.2, 0.25) is 0 Å². The second-order valence-corrected chi connectivity index (χ2v) is 4.70. The van der Waals surface area contributed by atoms with Gasteiger partial charge >= 0.3 is 0 Å². The summed E-state index contributed by atoms with van der Waals surface area (Å²) < 4.78 is 0. The quantitative estimate of drug-likeness (QED) is 0.549. The van der Waals surface area contributed by atoms with Crippen molar-refractivity contribution in [1.82, 2.24) is 5.32 Å². The highest BCUT2D eigenvalue weighted by atomic mass is 16.3. The molecule has 0 aromatic heterocycles. The molecule has 3 nitrogen and oxygen atoms in total. The number of rotatable bonds is 9. The molecule has 0 aliphatic carbocycles. The van der Waals surface area contributed by atoms with Gasteiger partial charge in [0.2, 0.25) is 0 Å². The summed E-state index contributed by atoms with van der Waals surface area (Å²) in [6.07, 6.45) is 4.94. The van der Waals surface area contributed by atoms with E-state index in [9.17, 15) is 5.11 Å². The molecular weight excluding hydrogens is 190 g/mol. The SMILES string of the molecule is CCCCC(CC)CNCC(C)(O)CO. The van der Waals surface area contributed by atoms with Crippen LogP contribution in [-0.2, 0) is 0 Å². The molecule has 0 bridgehead atoms. The third-order valence-electron chi connectivity index (χ3n) is 2.82. The standard InChI is InChI=1S/C12H27NO2/c1-4-6-7-11(5-2)8-13-9-12(3,15)10-14/h11,13-15H,4-10H2,1-3H3. The summed E-state index contributed by atoms with van der Waals surface area (Å²) in [6, 6.07) is 0. The molecule has 0 rings (SSSR count). The highest BCUT2D eigenvalue weighted by Gasteiger charge is 2.18. The predicted octanol–water partition coefficient (Wildman–Crippen LogP) is 1.54. The molecule has 0 saturated carbocycles. The average Bonchev–Trinajstić information content (AvgIpc) is 2.23. The van der Waals surface area contributed by atoms with Crippen molar-refractivity contribution in [1.29, 1.82) is 0 Å². The fourth-order valence-electron chi connectivity index (χ4n) is 1.54. The van der Waals surface area contributed by atoms with Crippen molar-refractivity contribution < 1.29 is 10.2 Å². The molecule has 0 amide bonds. The van der Waals surface area contributed by atoms with Crippen molar-refractivity contribution in [3.8, 4) is 0 Å². The van der Waals surface area contributed by atoms with Gasteiger partial charge in [0.25, 0.3) is 0 Å². The lowest BCUT2D eigenvalue weighted by Crippen LogP contribution is -2.42. The maximum Gasteiger partial charge on any atom is 0.0972 e. The van der Waals surface area contributed by atoms with E-state index < -0.39 is 5.60 Å². The number of nitrogens with one attached hydrogen (secondary N) is 1. The monoisotopic (exact) mass is 217 g/mol. The summed E-state index contributed by atoms with van der Waals surface area (Å²) in [5.74, 6) is 0.694. The van der Waals surface area contributed by atoms with Crippen LogP contribution < -0.4 is 5.32 Å². The zero-order chi connectivity index (χ0) is 11.7. The van der Waals surface area contributed by atoms with Gasteiger partial charge in [0.1, 0.15) is 0 Å². The lowest BCUT2D eigenvalue weighted by atomic mass is 9.99. The lowest BCUT2D eigenvalue weighted by molar-refractivity contribution is 0.00214. The molecule has 3 heteroatoms. The first-order chi connectivity index (χ1) is 7.05. The smallest absolute Gasteiger partial charge is 0.0972 e. The van der Waals surface area contributed by atoms with Crippen molar-refractivity contribution >= 4 is 0 Å². The van der Waals surface area contributed by atoms with E-state index in [1.165, 1.54) is 25.7 Å². The third-order valence-corrected chi connectivity index (χ3v) is 2.82. The molecule has 2 atom stereocenters. The first kappa shape index (κ1) is 14.9. The van der Waals surface area contributed by atoms with Crippen LogP contribution in [0.1, 0.15) is 46.5 Å². The molecule has 92 valence electrons. The third kappa shape index (κ3) is 7.77. The summed E-state index contributed by atoms with van der Waals surface area (Å²) in [5.41, 5.74) is -0.983. The largest absolute Gasteiger partial charge is 0.393 e. The predicted molar refractivity (Wildman–Crippen MR) is 63.9 cm³/mol. The topological polar surface area (TPSA) is 52.5 Å². The van der Waals surface area contributed by atoms with E-state index in [2.05, 4.69) is 19.2 Å². The number of aliphatic hydroxyl groups is 2. The summed E-state index contributed by atoms with van der Waals surface area (Å²) in [6.45, 7) is 7.26. The molecule has 0 aromatic carbocycles. The van der Waals surface area contributed by atoms with Crippen LogP contribution in [0.4, 0.5) is 0 Å². The van der Waals surface area contributed by atoms with Crippen molar-refractivity contribution in [2.24, 2.45) is 5.92 Å². The van der Waals surface area contributed by atoms with E-state index in [0.29, 0.717) is 12.5 Å². The minimum atomic E-state index is -0.983. The molecule has 0 aliphatic rings. The van der Waals surface area contributed by atoms with Gasteiger partial charge in [0.15, 0.2) is 0 Å². The molecule has 15 heavy (non-hydrogen) atoms. The Morgan fingerprint density at radius 2 is 2.00 bits per heavy atom. The van der Waals surface area contributed by atoms with Crippen LogP contribution in [0, 0.1) is 5.92 Å². The van der Waals surface area contributed by atoms with Crippen LogP contribution in [0.3, 0.4) is 0 Å². The Balaban J connectivity index is 3.62.